The van der Waals surface area contributed by atoms with Gasteiger partial charge in [0.15, 0.2) is 0 Å². The van der Waals surface area contributed by atoms with Crippen molar-refractivity contribution in [3.8, 4) is 5.69 Å². The zero-order chi connectivity index (χ0) is 19.1. The van der Waals surface area contributed by atoms with Gasteiger partial charge in [0.25, 0.3) is 0 Å². The fraction of sp³-hybridized carbons (Fsp3) is 0.318. The Balaban J connectivity index is 1.34. The molecule has 1 fully saturated rings. The zero-order valence-corrected chi connectivity index (χ0v) is 16.6. The Morgan fingerprint density at radius 2 is 1.86 bits per heavy atom. The number of carbonyl (C=O) groups is 1. The lowest BCUT2D eigenvalue weighted by Gasteiger charge is -2.22. The minimum absolute atomic E-state index is 0.117. The van der Waals surface area contributed by atoms with Crippen molar-refractivity contribution in [3.05, 3.63) is 66.0 Å². The molecule has 1 unspecified atom stereocenters. The van der Waals surface area contributed by atoms with Crippen LogP contribution in [0.15, 0.2) is 59.8 Å². The molecule has 2 aliphatic rings. The van der Waals surface area contributed by atoms with E-state index in [1.807, 2.05) is 58.1 Å². The van der Waals surface area contributed by atoms with Gasteiger partial charge in [-0.25, -0.2) is 9.67 Å². The topological polar surface area (TPSA) is 51.0 Å². The number of amides is 1. The van der Waals surface area contributed by atoms with Crippen LogP contribution >= 0.6 is 11.8 Å². The molecule has 1 amide bonds. The number of fused-ring (bicyclic) bond motifs is 1. The molecule has 1 atom stereocenters. The molecule has 5 rings (SSSR count). The molecule has 1 aliphatic heterocycles. The molecule has 5 nitrogen and oxygen atoms in total. The Labute approximate surface area is 168 Å². The van der Waals surface area contributed by atoms with E-state index >= 15 is 0 Å². The number of benzene rings is 2. The maximum Gasteiger partial charge on any atom is 0.237 e. The number of para-hydroxylation sites is 2. The van der Waals surface area contributed by atoms with Crippen LogP contribution in [-0.4, -0.2) is 32.5 Å². The number of anilines is 1. The van der Waals surface area contributed by atoms with Gasteiger partial charge in [-0.2, -0.15) is 0 Å². The third kappa shape index (κ3) is 3.22. The lowest BCUT2D eigenvalue weighted by atomic mass is 10.1. The predicted molar refractivity (Wildman–Crippen MR) is 111 cm³/mol. The number of carbonyl (C=O) groups excluding carboxylic acids is 1. The fourth-order valence-electron chi connectivity index (χ4n) is 3.87. The number of rotatable bonds is 5. The average Bonchev–Trinajstić information content (AvgIpc) is 3.38. The normalized spacial score (nSPS) is 18.3. The third-order valence-electron chi connectivity index (χ3n) is 5.36. The summed E-state index contributed by atoms with van der Waals surface area (Å²) in [6.45, 7) is 2.11. The maximum absolute atomic E-state index is 12.9. The molecule has 0 spiro atoms. The highest BCUT2D eigenvalue weighted by Gasteiger charge is 2.32. The van der Waals surface area contributed by atoms with Gasteiger partial charge >= 0.3 is 0 Å². The largest absolute Gasteiger partial charge is 0.308 e. The SMILES string of the molecule is CC1Cc2ccccc2N1C(=O)CSc1nc(C2CC2)n(-c2ccccc2)n1. The summed E-state index contributed by atoms with van der Waals surface area (Å²) in [5, 5.41) is 5.38. The molecule has 28 heavy (non-hydrogen) atoms. The van der Waals surface area contributed by atoms with E-state index in [9.17, 15) is 4.79 Å². The highest BCUT2D eigenvalue weighted by molar-refractivity contribution is 7.99. The summed E-state index contributed by atoms with van der Waals surface area (Å²) in [5.74, 6) is 1.97. The monoisotopic (exact) mass is 390 g/mol. The van der Waals surface area contributed by atoms with Gasteiger partial charge in [-0.3, -0.25) is 4.79 Å². The number of aromatic nitrogens is 3. The third-order valence-corrected chi connectivity index (χ3v) is 6.18. The first-order valence-electron chi connectivity index (χ1n) is 9.76. The first-order chi connectivity index (χ1) is 13.7. The highest BCUT2D eigenvalue weighted by Crippen LogP contribution is 2.40. The van der Waals surface area contributed by atoms with E-state index < -0.39 is 0 Å². The van der Waals surface area contributed by atoms with Crippen LogP contribution in [0.25, 0.3) is 5.69 Å². The molecule has 0 N–H and O–H groups in total. The highest BCUT2D eigenvalue weighted by atomic mass is 32.2. The summed E-state index contributed by atoms with van der Waals surface area (Å²) >= 11 is 1.43. The number of hydrogen-bond donors (Lipinski definition) is 0. The van der Waals surface area contributed by atoms with E-state index in [4.69, 9.17) is 10.1 Å². The van der Waals surface area contributed by atoms with E-state index in [-0.39, 0.29) is 11.9 Å². The van der Waals surface area contributed by atoms with Crippen LogP contribution in [0.5, 0.6) is 0 Å². The van der Waals surface area contributed by atoms with Gasteiger partial charge < -0.3 is 4.90 Å². The standard InChI is InChI=1S/C22H22N4OS/c1-15-13-17-7-5-6-10-19(17)25(15)20(27)14-28-22-23-21(16-11-12-16)26(24-22)18-8-3-2-4-9-18/h2-10,15-16H,11-14H2,1H3. The molecule has 2 aromatic carbocycles. The summed E-state index contributed by atoms with van der Waals surface area (Å²) in [6, 6.07) is 18.5. The van der Waals surface area contributed by atoms with Crippen LogP contribution in [0, 0.1) is 0 Å². The van der Waals surface area contributed by atoms with Crippen molar-refractivity contribution in [1.82, 2.24) is 14.8 Å². The minimum Gasteiger partial charge on any atom is -0.308 e. The first kappa shape index (κ1) is 17.5. The van der Waals surface area contributed by atoms with Crippen LogP contribution in [-0.2, 0) is 11.2 Å². The van der Waals surface area contributed by atoms with Crippen molar-refractivity contribution < 1.29 is 4.79 Å². The van der Waals surface area contributed by atoms with Crippen molar-refractivity contribution in [1.29, 1.82) is 0 Å². The first-order valence-corrected chi connectivity index (χ1v) is 10.7. The molecule has 3 aromatic rings. The van der Waals surface area contributed by atoms with Gasteiger partial charge in [-0.05, 0) is 49.9 Å². The molecular formula is C22H22N4OS. The second kappa shape index (κ2) is 7.09. The Hall–Kier alpha value is -2.60. The summed E-state index contributed by atoms with van der Waals surface area (Å²) in [5.41, 5.74) is 3.31. The molecule has 1 aromatic heterocycles. The van der Waals surface area contributed by atoms with Crippen LogP contribution in [0.3, 0.4) is 0 Å². The van der Waals surface area contributed by atoms with Crippen molar-refractivity contribution in [2.45, 2.75) is 43.3 Å². The van der Waals surface area contributed by atoms with Crippen molar-refractivity contribution in [3.63, 3.8) is 0 Å². The number of hydrogen-bond acceptors (Lipinski definition) is 4. The van der Waals surface area contributed by atoms with Gasteiger partial charge in [0, 0.05) is 17.6 Å². The van der Waals surface area contributed by atoms with E-state index in [1.54, 1.807) is 0 Å². The Bertz CT molecular complexity index is 1010. The fourth-order valence-corrected chi connectivity index (χ4v) is 4.56. The van der Waals surface area contributed by atoms with Gasteiger partial charge in [0.05, 0.1) is 11.4 Å². The smallest absolute Gasteiger partial charge is 0.237 e. The molecule has 0 bridgehead atoms. The Kier molecular flexibility index (Phi) is 4.43. The van der Waals surface area contributed by atoms with Crippen LogP contribution in [0.4, 0.5) is 5.69 Å². The molecule has 0 radical (unpaired) electrons. The van der Waals surface area contributed by atoms with E-state index in [1.165, 1.54) is 17.3 Å². The van der Waals surface area contributed by atoms with E-state index in [0.717, 1.165) is 36.5 Å². The molecule has 1 aliphatic carbocycles. The van der Waals surface area contributed by atoms with Gasteiger partial charge in [0.2, 0.25) is 11.1 Å². The Morgan fingerprint density at radius 1 is 1.11 bits per heavy atom. The molecule has 0 saturated heterocycles. The minimum atomic E-state index is 0.117. The van der Waals surface area contributed by atoms with Gasteiger partial charge in [0.1, 0.15) is 5.82 Å². The molecule has 142 valence electrons. The molecular weight excluding hydrogens is 368 g/mol. The van der Waals surface area contributed by atoms with Crippen LogP contribution in [0.1, 0.15) is 37.1 Å². The predicted octanol–water partition coefficient (Wildman–Crippen LogP) is 4.21. The van der Waals surface area contributed by atoms with Crippen molar-refractivity contribution >= 4 is 23.4 Å². The van der Waals surface area contributed by atoms with E-state index in [0.29, 0.717) is 16.8 Å². The molecule has 2 heterocycles. The summed E-state index contributed by atoms with van der Waals surface area (Å²) in [4.78, 5) is 19.6. The quantitative estimate of drug-likeness (QED) is 0.612. The second-order valence-electron chi connectivity index (χ2n) is 7.51. The molecule has 1 saturated carbocycles. The summed E-state index contributed by atoms with van der Waals surface area (Å²) in [7, 11) is 0. The summed E-state index contributed by atoms with van der Waals surface area (Å²) in [6.07, 6.45) is 3.24. The number of thioether (sulfide) groups is 1. The maximum atomic E-state index is 12.9. The lowest BCUT2D eigenvalue weighted by molar-refractivity contribution is -0.116. The van der Waals surface area contributed by atoms with Crippen molar-refractivity contribution in [2.75, 3.05) is 10.7 Å². The van der Waals surface area contributed by atoms with Gasteiger partial charge in [-0.15, -0.1) is 5.10 Å². The van der Waals surface area contributed by atoms with Crippen molar-refractivity contribution in [2.24, 2.45) is 0 Å². The summed E-state index contributed by atoms with van der Waals surface area (Å²) < 4.78 is 1.94. The number of nitrogens with zero attached hydrogens (tertiary/aromatic N) is 4. The van der Waals surface area contributed by atoms with Crippen LogP contribution < -0.4 is 4.90 Å². The second-order valence-corrected chi connectivity index (χ2v) is 8.45. The van der Waals surface area contributed by atoms with E-state index in [2.05, 4.69) is 13.0 Å². The zero-order valence-electron chi connectivity index (χ0n) is 15.8. The Morgan fingerprint density at radius 3 is 2.64 bits per heavy atom. The molecule has 6 heteroatoms. The average molecular weight is 391 g/mol. The lowest BCUT2D eigenvalue weighted by Crippen LogP contribution is -2.37. The van der Waals surface area contributed by atoms with Crippen LogP contribution in [0.2, 0.25) is 0 Å². The van der Waals surface area contributed by atoms with Gasteiger partial charge in [-0.1, -0.05) is 48.2 Å².